The van der Waals surface area contributed by atoms with Crippen LogP contribution in [0.5, 0.6) is 0 Å². The molecule has 6 heteroatoms. The molecule has 1 aromatic heterocycles. The third-order valence-corrected chi connectivity index (χ3v) is 6.20. The van der Waals surface area contributed by atoms with Gasteiger partial charge < -0.3 is 10.6 Å². The Labute approximate surface area is 171 Å². The normalized spacial score (nSPS) is 18.4. The summed E-state index contributed by atoms with van der Waals surface area (Å²) in [6.45, 7) is 5.89. The molecule has 2 aromatic rings. The molecule has 2 heterocycles. The van der Waals surface area contributed by atoms with Gasteiger partial charge in [-0.05, 0) is 55.5 Å². The van der Waals surface area contributed by atoms with Gasteiger partial charge in [-0.25, -0.2) is 0 Å². The minimum Gasteiger partial charge on any atom is -0.348 e. The Hall–Kier alpha value is -2.18. The van der Waals surface area contributed by atoms with Gasteiger partial charge in [0.1, 0.15) is 0 Å². The molecule has 5 nitrogen and oxygen atoms in total. The van der Waals surface area contributed by atoms with Gasteiger partial charge in [-0.3, -0.25) is 14.5 Å². The van der Waals surface area contributed by atoms with Crippen molar-refractivity contribution in [3.8, 4) is 0 Å². The Morgan fingerprint density at radius 3 is 2.64 bits per heavy atom. The predicted molar refractivity (Wildman–Crippen MR) is 114 cm³/mol. The van der Waals surface area contributed by atoms with Gasteiger partial charge in [0.2, 0.25) is 11.8 Å². The summed E-state index contributed by atoms with van der Waals surface area (Å²) in [4.78, 5) is 27.5. The van der Waals surface area contributed by atoms with E-state index in [1.807, 2.05) is 29.6 Å². The van der Waals surface area contributed by atoms with E-state index in [-0.39, 0.29) is 24.3 Å². The van der Waals surface area contributed by atoms with Crippen LogP contribution in [0.25, 0.3) is 0 Å². The number of hydrogen-bond donors (Lipinski definition) is 2. The molecule has 0 saturated carbocycles. The number of likely N-dealkylation sites (tertiary alicyclic amines) is 1. The molecule has 2 atom stereocenters. The number of amides is 2. The highest BCUT2D eigenvalue weighted by Gasteiger charge is 2.19. The molecular formula is C22H29N3O2S. The molecule has 1 saturated heterocycles. The topological polar surface area (TPSA) is 61.4 Å². The van der Waals surface area contributed by atoms with E-state index in [9.17, 15) is 9.59 Å². The maximum absolute atomic E-state index is 12.5. The summed E-state index contributed by atoms with van der Waals surface area (Å²) >= 11 is 1.54. The van der Waals surface area contributed by atoms with E-state index >= 15 is 0 Å². The first kappa shape index (κ1) is 20.6. The number of piperidine rings is 1. The molecule has 150 valence electrons. The zero-order valence-electron chi connectivity index (χ0n) is 16.6. The van der Waals surface area contributed by atoms with Crippen LogP contribution in [0, 0.1) is 0 Å². The summed E-state index contributed by atoms with van der Waals surface area (Å²) in [6.07, 6.45) is 4.09. The van der Waals surface area contributed by atoms with Crippen molar-refractivity contribution in [1.29, 1.82) is 0 Å². The fraction of sp³-hybridized carbons (Fsp3) is 0.455. The number of hydrogen-bond acceptors (Lipinski definition) is 4. The van der Waals surface area contributed by atoms with Gasteiger partial charge in [-0.1, -0.05) is 24.6 Å². The molecule has 0 spiro atoms. The third-order valence-electron chi connectivity index (χ3n) is 5.22. The van der Waals surface area contributed by atoms with Crippen LogP contribution in [0.4, 0.5) is 5.69 Å². The monoisotopic (exact) mass is 399 g/mol. The second kappa shape index (κ2) is 9.85. The number of carbonyl (C=O) groups is 2. The van der Waals surface area contributed by atoms with E-state index < -0.39 is 0 Å². The summed E-state index contributed by atoms with van der Waals surface area (Å²) in [5, 5.41) is 7.76. The van der Waals surface area contributed by atoms with E-state index in [1.54, 1.807) is 11.3 Å². The number of benzene rings is 1. The average molecular weight is 400 g/mol. The van der Waals surface area contributed by atoms with E-state index in [1.165, 1.54) is 31.7 Å². The van der Waals surface area contributed by atoms with Gasteiger partial charge in [0.25, 0.3) is 0 Å². The summed E-state index contributed by atoms with van der Waals surface area (Å²) in [5.41, 5.74) is 2.05. The number of anilines is 1. The van der Waals surface area contributed by atoms with Gasteiger partial charge in [0.15, 0.2) is 0 Å². The standard InChI is InChI=1S/C22H29N3O2S/c1-16-6-3-4-12-25(16)15-18-8-10-19(11-9-18)24-22(27)14-20(23-17(2)26)21-7-5-13-28-21/h5,7-11,13,16,20H,3-4,6,12,14-15H2,1-2H3,(H,23,26)(H,24,27)/t16-,20+/m1/s1. The predicted octanol–water partition coefficient (Wildman–Crippen LogP) is 4.33. The Bertz CT molecular complexity index is 774. The lowest BCUT2D eigenvalue weighted by molar-refractivity contribution is -0.120. The van der Waals surface area contributed by atoms with Crippen molar-refractivity contribution in [3.05, 3.63) is 52.2 Å². The molecular weight excluding hydrogens is 370 g/mol. The Morgan fingerprint density at radius 2 is 2.00 bits per heavy atom. The second-order valence-corrected chi connectivity index (χ2v) is 8.51. The van der Waals surface area contributed by atoms with E-state index in [0.29, 0.717) is 6.04 Å². The molecule has 28 heavy (non-hydrogen) atoms. The van der Waals surface area contributed by atoms with Crippen molar-refractivity contribution in [2.75, 3.05) is 11.9 Å². The highest BCUT2D eigenvalue weighted by atomic mass is 32.1. The fourth-order valence-electron chi connectivity index (χ4n) is 3.68. The molecule has 0 aliphatic carbocycles. The first-order valence-corrected chi connectivity index (χ1v) is 10.8. The molecule has 1 fully saturated rings. The molecule has 1 aliphatic rings. The van der Waals surface area contributed by atoms with Crippen molar-refractivity contribution < 1.29 is 9.59 Å². The maximum atomic E-state index is 12.5. The van der Waals surface area contributed by atoms with Gasteiger partial charge in [0.05, 0.1) is 12.5 Å². The first-order valence-electron chi connectivity index (χ1n) is 9.94. The molecule has 3 rings (SSSR count). The van der Waals surface area contributed by atoms with E-state index in [0.717, 1.165) is 23.7 Å². The molecule has 1 aliphatic heterocycles. The molecule has 1 aromatic carbocycles. The fourth-order valence-corrected chi connectivity index (χ4v) is 4.45. The highest BCUT2D eigenvalue weighted by Crippen LogP contribution is 2.23. The number of nitrogens with zero attached hydrogens (tertiary/aromatic N) is 1. The van der Waals surface area contributed by atoms with Crippen molar-refractivity contribution in [2.45, 2.75) is 58.2 Å². The van der Waals surface area contributed by atoms with E-state index in [4.69, 9.17) is 0 Å². The maximum Gasteiger partial charge on any atom is 0.226 e. The number of thiophene rings is 1. The molecule has 0 bridgehead atoms. The summed E-state index contributed by atoms with van der Waals surface area (Å²) in [5.74, 6) is -0.243. The number of carbonyl (C=O) groups excluding carboxylic acids is 2. The summed E-state index contributed by atoms with van der Waals surface area (Å²) < 4.78 is 0. The van der Waals surface area contributed by atoms with Gasteiger partial charge >= 0.3 is 0 Å². The third kappa shape index (κ3) is 5.91. The van der Waals surface area contributed by atoms with Gasteiger partial charge in [-0.2, -0.15) is 0 Å². The largest absolute Gasteiger partial charge is 0.348 e. The van der Waals surface area contributed by atoms with Crippen LogP contribution in [-0.2, 0) is 16.1 Å². The van der Waals surface area contributed by atoms with Crippen molar-refractivity contribution in [1.82, 2.24) is 10.2 Å². The molecule has 2 amide bonds. The summed E-state index contributed by atoms with van der Waals surface area (Å²) in [7, 11) is 0. The van der Waals surface area contributed by atoms with Crippen LogP contribution in [0.15, 0.2) is 41.8 Å². The first-order chi connectivity index (χ1) is 13.5. The Morgan fingerprint density at radius 1 is 1.21 bits per heavy atom. The quantitative estimate of drug-likeness (QED) is 0.728. The zero-order valence-corrected chi connectivity index (χ0v) is 17.4. The molecule has 0 unspecified atom stereocenters. The molecule has 2 N–H and O–H groups in total. The Kier molecular flexibility index (Phi) is 7.23. The Balaban J connectivity index is 1.55. The average Bonchev–Trinajstić information content (AvgIpc) is 3.19. The lowest BCUT2D eigenvalue weighted by atomic mass is 10.0. The zero-order chi connectivity index (χ0) is 19.9. The van der Waals surface area contributed by atoms with Crippen LogP contribution >= 0.6 is 11.3 Å². The van der Waals surface area contributed by atoms with Gasteiger partial charge in [-0.15, -0.1) is 11.3 Å². The SMILES string of the molecule is CC(=O)N[C@@H](CC(=O)Nc1ccc(CN2CCCC[C@H]2C)cc1)c1cccs1. The van der Waals surface area contributed by atoms with Crippen LogP contribution in [0.3, 0.4) is 0 Å². The van der Waals surface area contributed by atoms with Crippen molar-refractivity contribution in [2.24, 2.45) is 0 Å². The van der Waals surface area contributed by atoms with Crippen LogP contribution in [-0.4, -0.2) is 29.3 Å². The molecule has 0 radical (unpaired) electrons. The minimum absolute atomic E-state index is 0.107. The lowest BCUT2D eigenvalue weighted by Crippen LogP contribution is -2.36. The van der Waals surface area contributed by atoms with Gasteiger partial charge in [0, 0.05) is 30.1 Å². The van der Waals surface area contributed by atoms with Crippen LogP contribution in [0.2, 0.25) is 0 Å². The number of rotatable bonds is 7. The van der Waals surface area contributed by atoms with Crippen LogP contribution < -0.4 is 10.6 Å². The van der Waals surface area contributed by atoms with Crippen LogP contribution in [0.1, 0.15) is 56.0 Å². The highest BCUT2D eigenvalue weighted by molar-refractivity contribution is 7.10. The minimum atomic E-state index is -0.294. The lowest BCUT2D eigenvalue weighted by Gasteiger charge is -2.33. The second-order valence-electron chi connectivity index (χ2n) is 7.53. The summed E-state index contributed by atoms with van der Waals surface area (Å²) in [6, 6.07) is 12.3. The number of nitrogens with one attached hydrogen (secondary N) is 2. The van der Waals surface area contributed by atoms with Crippen molar-refractivity contribution >= 4 is 28.8 Å². The van der Waals surface area contributed by atoms with Crippen molar-refractivity contribution in [3.63, 3.8) is 0 Å². The smallest absolute Gasteiger partial charge is 0.226 e. The van der Waals surface area contributed by atoms with E-state index in [2.05, 4.69) is 34.6 Å².